The molecule has 1 rings (SSSR count). The van der Waals surface area contributed by atoms with E-state index in [1.807, 2.05) is 6.08 Å². The van der Waals surface area contributed by atoms with Crippen molar-refractivity contribution < 1.29 is 9.53 Å². The molecule has 0 amide bonds. The molecule has 0 aromatic heterocycles. The first-order valence-corrected chi connectivity index (χ1v) is 7.91. The number of carbonyl (C=O) groups excluding carboxylic acids is 1. The number of hydrogen-bond donors (Lipinski definition) is 0. The maximum atomic E-state index is 12.1. The lowest BCUT2D eigenvalue weighted by molar-refractivity contribution is -0.161. The summed E-state index contributed by atoms with van der Waals surface area (Å²) < 4.78 is 5.50. The van der Waals surface area contributed by atoms with Crippen LogP contribution in [0.1, 0.15) is 65.7 Å². The zero-order chi connectivity index (χ0) is 15.0. The molecule has 0 aliphatic heterocycles. The second kappa shape index (κ2) is 8.28. The maximum absolute atomic E-state index is 12.1. The third kappa shape index (κ3) is 5.15. The van der Waals surface area contributed by atoms with Gasteiger partial charge >= 0.3 is 5.97 Å². The van der Waals surface area contributed by atoms with Gasteiger partial charge in [0.05, 0.1) is 12.0 Å². The third-order valence-corrected chi connectivity index (χ3v) is 4.33. The van der Waals surface area contributed by atoms with Gasteiger partial charge < -0.3 is 4.74 Å². The molecular weight excluding hydrogens is 248 g/mol. The summed E-state index contributed by atoms with van der Waals surface area (Å²) in [5, 5.41) is 0. The first-order chi connectivity index (χ1) is 9.50. The largest absolute Gasteiger partial charge is 0.465 e. The van der Waals surface area contributed by atoms with E-state index in [9.17, 15) is 4.79 Å². The molecule has 0 heterocycles. The molecule has 2 heteroatoms. The molecule has 0 aromatic carbocycles. The van der Waals surface area contributed by atoms with Crippen LogP contribution in [0.4, 0.5) is 0 Å². The van der Waals surface area contributed by atoms with Crippen molar-refractivity contribution in [3.63, 3.8) is 0 Å². The molecule has 1 aliphatic carbocycles. The number of carbonyl (C=O) groups is 1. The number of esters is 1. The van der Waals surface area contributed by atoms with Crippen LogP contribution < -0.4 is 0 Å². The van der Waals surface area contributed by atoms with E-state index in [2.05, 4.69) is 33.4 Å². The lowest BCUT2D eigenvalue weighted by atomic mass is 9.67. The van der Waals surface area contributed by atoms with E-state index in [4.69, 9.17) is 4.74 Å². The molecule has 20 heavy (non-hydrogen) atoms. The maximum Gasteiger partial charge on any atom is 0.312 e. The van der Waals surface area contributed by atoms with E-state index in [0.717, 1.165) is 38.5 Å². The molecule has 1 atom stereocenters. The van der Waals surface area contributed by atoms with Gasteiger partial charge in [0.25, 0.3) is 0 Å². The first kappa shape index (κ1) is 17.0. The molecule has 1 saturated carbocycles. The van der Waals surface area contributed by atoms with E-state index < -0.39 is 0 Å². The Hall–Kier alpha value is -1.05. The highest BCUT2D eigenvalue weighted by molar-refractivity contribution is 5.78. The summed E-state index contributed by atoms with van der Waals surface area (Å²) in [7, 11) is 0. The van der Waals surface area contributed by atoms with Crippen molar-refractivity contribution in [3.05, 3.63) is 24.3 Å². The Labute approximate surface area is 124 Å². The zero-order valence-electron chi connectivity index (χ0n) is 13.4. The van der Waals surface area contributed by atoms with Gasteiger partial charge in [0, 0.05) is 0 Å². The van der Waals surface area contributed by atoms with Crippen LogP contribution in [-0.4, -0.2) is 12.6 Å². The van der Waals surface area contributed by atoms with Gasteiger partial charge in [0.1, 0.15) is 0 Å². The van der Waals surface area contributed by atoms with Gasteiger partial charge in [-0.25, -0.2) is 0 Å². The monoisotopic (exact) mass is 278 g/mol. The van der Waals surface area contributed by atoms with Gasteiger partial charge in [-0.05, 0) is 58.3 Å². The Morgan fingerprint density at radius 3 is 2.55 bits per heavy atom. The minimum Gasteiger partial charge on any atom is -0.465 e. The molecule has 0 spiro atoms. The van der Waals surface area contributed by atoms with Crippen molar-refractivity contribution in [1.29, 1.82) is 0 Å². The van der Waals surface area contributed by atoms with Crippen molar-refractivity contribution >= 4 is 5.97 Å². The molecule has 114 valence electrons. The van der Waals surface area contributed by atoms with Gasteiger partial charge in [-0.3, -0.25) is 4.79 Å². The SMILES string of the molecule is C=CCC1(C(=O)OCCC(C)CCC=C(C)C)CCC1. The number of allylic oxidation sites excluding steroid dienone is 3. The summed E-state index contributed by atoms with van der Waals surface area (Å²) in [5.41, 5.74) is 1.15. The van der Waals surface area contributed by atoms with Gasteiger partial charge in [0.15, 0.2) is 0 Å². The molecule has 0 aromatic rings. The lowest BCUT2D eigenvalue weighted by Gasteiger charge is -2.38. The Kier molecular flexibility index (Phi) is 7.04. The van der Waals surface area contributed by atoms with Gasteiger partial charge in [-0.1, -0.05) is 31.1 Å². The summed E-state index contributed by atoms with van der Waals surface area (Å²) in [6.07, 6.45) is 11.2. The normalized spacial score (nSPS) is 17.8. The predicted octanol–water partition coefficient (Wildman–Crippen LogP) is 5.05. The average Bonchev–Trinajstić information content (AvgIpc) is 2.33. The Bertz CT molecular complexity index is 346. The summed E-state index contributed by atoms with van der Waals surface area (Å²) >= 11 is 0. The minimum atomic E-state index is -0.229. The van der Waals surface area contributed by atoms with Gasteiger partial charge in [-0.15, -0.1) is 6.58 Å². The van der Waals surface area contributed by atoms with Crippen LogP contribution in [0.25, 0.3) is 0 Å². The third-order valence-electron chi connectivity index (χ3n) is 4.33. The van der Waals surface area contributed by atoms with Crippen LogP contribution in [0.2, 0.25) is 0 Å². The van der Waals surface area contributed by atoms with Crippen molar-refractivity contribution in [2.75, 3.05) is 6.61 Å². The molecule has 0 bridgehead atoms. The minimum absolute atomic E-state index is 0.000137. The van der Waals surface area contributed by atoms with Gasteiger partial charge in [0.2, 0.25) is 0 Å². The summed E-state index contributed by atoms with van der Waals surface area (Å²) in [4.78, 5) is 12.1. The fourth-order valence-electron chi connectivity index (χ4n) is 2.68. The van der Waals surface area contributed by atoms with Crippen LogP contribution in [0, 0.1) is 11.3 Å². The number of rotatable bonds is 9. The topological polar surface area (TPSA) is 26.3 Å². The molecule has 2 nitrogen and oxygen atoms in total. The molecule has 1 fully saturated rings. The number of ether oxygens (including phenoxy) is 1. The first-order valence-electron chi connectivity index (χ1n) is 7.91. The lowest BCUT2D eigenvalue weighted by Crippen LogP contribution is -2.39. The van der Waals surface area contributed by atoms with Crippen LogP contribution >= 0.6 is 0 Å². The fraction of sp³-hybridized carbons (Fsp3) is 0.722. The van der Waals surface area contributed by atoms with E-state index in [1.54, 1.807) is 0 Å². The van der Waals surface area contributed by atoms with Crippen molar-refractivity contribution in [2.24, 2.45) is 11.3 Å². The smallest absolute Gasteiger partial charge is 0.312 e. The Balaban J connectivity index is 2.21. The van der Waals surface area contributed by atoms with Crippen LogP contribution in [-0.2, 0) is 9.53 Å². The summed E-state index contributed by atoms with van der Waals surface area (Å²) in [6.45, 7) is 10.8. The fourth-order valence-corrected chi connectivity index (χ4v) is 2.68. The highest BCUT2D eigenvalue weighted by Crippen LogP contribution is 2.45. The van der Waals surface area contributed by atoms with Crippen molar-refractivity contribution in [2.45, 2.75) is 65.7 Å². The van der Waals surface area contributed by atoms with Gasteiger partial charge in [-0.2, -0.15) is 0 Å². The van der Waals surface area contributed by atoms with Crippen molar-refractivity contribution in [3.8, 4) is 0 Å². The van der Waals surface area contributed by atoms with Crippen LogP contribution in [0.5, 0.6) is 0 Å². The van der Waals surface area contributed by atoms with Crippen LogP contribution in [0.3, 0.4) is 0 Å². The zero-order valence-corrected chi connectivity index (χ0v) is 13.4. The Morgan fingerprint density at radius 2 is 2.05 bits per heavy atom. The number of hydrogen-bond acceptors (Lipinski definition) is 2. The second-order valence-corrected chi connectivity index (χ2v) is 6.52. The van der Waals surface area contributed by atoms with Crippen molar-refractivity contribution in [1.82, 2.24) is 0 Å². The molecule has 1 aliphatic rings. The molecule has 1 unspecified atom stereocenters. The van der Waals surface area contributed by atoms with E-state index in [-0.39, 0.29) is 11.4 Å². The average molecular weight is 278 g/mol. The van der Waals surface area contributed by atoms with Crippen LogP contribution in [0.15, 0.2) is 24.3 Å². The van der Waals surface area contributed by atoms with E-state index in [0.29, 0.717) is 12.5 Å². The summed E-state index contributed by atoms with van der Waals surface area (Å²) in [5.74, 6) is 0.607. The highest BCUT2D eigenvalue weighted by Gasteiger charge is 2.44. The standard InChI is InChI=1S/C18H30O2/c1-5-11-18(12-7-13-18)17(19)20-14-10-16(4)9-6-8-15(2)3/h5,8,16H,1,6-7,9-14H2,2-4H3. The quantitative estimate of drug-likeness (QED) is 0.436. The molecule has 0 saturated heterocycles. The molecule has 0 N–H and O–H groups in total. The predicted molar refractivity (Wildman–Crippen MR) is 84.5 cm³/mol. The second-order valence-electron chi connectivity index (χ2n) is 6.52. The van der Waals surface area contributed by atoms with E-state index in [1.165, 1.54) is 12.0 Å². The molecule has 0 radical (unpaired) electrons. The Morgan fingerprint density at radius 1 is 1.35 bits per heavy atom. The summed E-state index contributed by atoms with van der Waals surface area (Å²) in [6, 6.07) is 0. The highest BCUT2D eigenvalue weighted by atomic mass is 16.5. The molecular formula is C18H30O2. The van der Waals surface area contributed by atoms with E-state index >= 15 is 0 Å².